The van der Waals surface area contributed by atoms with Crippen LogP contribution in [0, 0.1) is 5.92 Å². The molecular formula is C25H31NO5. The van der Waals surface area contributed by atoms with E-state index in [1.54, 1.807) is 13.0 Å². The van der Waals surface area contributed by atoms with Gasteiger partial charge in [-0.2, -0.15) is 0 Å². The fraction of sp³-hybridized carbons (Fsp3) is 0.600. The number of carbonyl (C=O) groups excluding carboxylic acids is 1. The molecule has 2 aromatic rings. The van der Waals surface area contributed by atoms with Crippen LogP contribution in [-0.4, -0.2) is 40.7 Å². The predicted octanol–water partition coefficient (Wildman–Crippen LogP) is 3.59. The molecule has 1 saturated carbocycles. The highest BCUT2D eigenvalue weighted by atomic mass is 16.5. The third-order valence-electron chi connectivity index (χ3n) is 7.59. The molecule has 0 bridgehead atoms. The maximum atomic E-state index is 13.0. The molecule has 6 nitrogen and oxygen atoms in total. The highest BCUT2D eigenvalue weighted by molar-refractivity contribution is 5.84. The summed E-state index contributed by atoms with van der Waals surface area (Å²) in [6, 6.07) is 5.53. The summed E-state index contributed by atoms with van der Waals surface area (Å²) >= 11 is 0. The van der Waals surface area contributed by atoms with E-state index in [9.17, 15) is 14.7 Å². The fourth-order valence-corrected chi connectivity index (χ4v) is 5.78. The van der Waals surface area contributed by atoms with Crippen LogP contribution in [0.2, 0.25) is 0 Å². The molecule has 2 fully saturated rings. The molecule has 1 aromatic carbocycles. The van der Waals surface area contributed by atoms with Crippen LogP contribution in [0.4, 0.5) is 0 Å². The zero-order chi connectivity index (χ0) is 21.6. The van der Waals surface area contributed by atoms with Crippen LogP contribution in [0.15, 0.2) is 27.4 Å². The van der Waals surface area contributed by atoms with Gasteiger partial charge in [-0.3, -0.25) is 4.79 Å². The maximum Gasteiger partial charge on any atom is 0.339 e. The Morgan fingerprint density at radius 1 is 1.19 bits per heavy atom. The molecule has 2 heterocycles. The van der Waals surface area contributed by atoms with E-state index < -0.39 is 11.7 Å². The Balaban J connectivity index is 1.31. The van der Waals surface area contributed by atoms with Gasteiger partial charge in [0.15, 0.2) is 6.10 Å². The molecule has 2 aliphatic carbocycles. The summed E-state index contributed by atoms with van der Waals surface area (Å²) in [4.78, 5) is 27.3. The van der Waals surface area contributed by atoms with Gasteiger partial charge in [-0.1, -0.05) is 12.8 Å². The largest absolute Gasteiger partial charge is 0.481 e. The zero-order valence-corrected chi connectivity index (χ0v) is 18.2. The summed E-state index contributed by atoms with van der Waals surface area (Å²) in [6.07, 6.45) is 7.80. The number of likely N-dealkylation sites (tertiary alicyclic amines) is 1. The first kappa shape index (κ1) is 20.6. The summed E-state index contributed by atoms with van der Waals surface area (Å²) in [6.45, 7) is 2.93. The van der Waals surface area contributed by atoms with Crippen molar-refractivity contribution < 1.29 is 19.1 Å². The first-order valence-electron chi connectivity index (χ1n) is 11.7. The van der Waals surface area contributed by atoms with Crippen molar-refractivity contribution in [2.24, 2.45) is 5.92 Å². The second-order valence-corrected chi connectivity index (χ2v) is 9.55. The third-order valence-corrected chi connectivity index (χ3v) is 7.59. The zero-order valence-electron chi connectivity index (χ0n) is 18.2. The number of hydrogen-bond acceptors (Lipinski definition) is 5. The number of fused-ring (bicyclic) bond motifs is 4. The van der Waals surface area contributed by atoms with Gasteiger partial charge >= 0.3 is 5.63 Å². The lowest BCUT2D eigenvalue weighted by Gasteiger charge is -2.47. The van der Waals surface area contributed by atoms with Crippen LogP contribution < -0.4 is 10.4 Å². The third kappa shape index (κ3) is 3.75. The molecule has 3 aliphatic rings. The monoisotopic (exact) mass is 425 g/mol. The highest BCUT2D eigenvalue weighted by Crippen LogP contribution is 2.40. The van der Waals surface area contributed by atoms with Crippen LogP contribution >= 0.6 is 0 Å². The van der Waals surface area contributed by atoms with Crippen molar-refractivity contribution in [3.05, 3.63) is 39.7 Å². The Kier molecular flexibility index (Phi) is 5.29. The summed E-state index contributed by atoms with van der Waals surface area (Å²) in [5.74, 6) is 0.630. The van der Waals surface area contributed by atoms with Crippen molar-refractivity contribution in [3.63, 3.8) is 0 Å². The van der Waals surface area contributed by atoms with E-state index in [-0.39, 0.29) is 17.5 Å². The van der Waals surface area contributed by atoms with Crippen LogP contribution in [0.5, 0.6) is 5.75 Å². The minimum Gasteiger partial charge on any atom is -0.481 e. The van der Waals surface area contributed by atoms with Gasteiger partial charge in [0.1, 0.15) is 11.3 Å². The lowest BCUT2D eigenvalue weighted by atomic mass is 9.71. The molecule has 6 heteroatoms. The molecule has 1 aromatic heterocycles. The Labute approximate surface area is 182 Å². The average Bonchev–Trinajstić information content (AvgIpc) is 2.78. The average molecular weight is 426 g/mol. The highest BCUT2D eigenvalue weighted by Gasteiger charge is 2.44. The normalized spacial score (nSPS) is 26.8. The number of amides is 1. The van der Waals surface area contributed by atoms with Crippen LogP contribution in [0.1, 0.15) is 63.0 Å². The van der Waals surface area contributed by atoms with Gasteiger partial charge in [0, 0.05) is 36.0 Å². The number of ether oxygens (including phenoxy) is 1. The molecule has 1 amide bonds. The Morgan fingerprint density at radius 3 is 2.84 bits per heavy atom. The number of hydrogen-bond donors (Lipinski definition) is 1. The Bertz CT molecular complexity index is 1060. The number of nitrogens with zero attached hydrogens (tertiary/aromatic N) is 1. The number of benzene rings is 1. The van der Waals surface area contributed by atoms with E-state index in [1.807, 2.05) is 17.0 Å². The van der Waals surface area contributed by atoms with Crippen molar-refractivity contribution >= 4 is 16.9 Å². The number of aliphatic hydroxyl groups is 1. The topological polar surface area (TPSA) is 80.0 Å². The van der Waals surface area contributed by atoms with Gasteiger partial charge in [0.2, 0.25) is 0 Å². The number of piperidine rings is 1. The van der Waals surface area contributed by atoms with Crippen LogP contribution in [0.25, 0.3) is 11.0 Å². The van der Waals surface area contributed by atoms with Crippen molar-refractivity contribution in [2.45, 2.75) is 76.4 Å². The van der Waals surface area contributed by atoms with Crippen LogP contribution in [-0.2, 0) is 17.6 Å². The Hall–Kier alpha value is -2.34. The molecular weight excluding hydrogens is 394 g/mol. The molecule has 0 radical (unpaired) electrons. The van der Waals surface area contributed by atoms with Crippen molar-refractivity contribution in [2.75, 3.05) is 13.1 Å². The number of rotatable bonds is 3. The molecule has 1 saturated heterocycles. The second kappa shape index (κ2) is 7.97. The van der Waals surface area contributed by atoms with Crippen molar-refractivity contribution in [3.8, 4) is 5.75 Å². The SMILES string of the molecule is C[C@@H](Oc1ccc2c3c(c(=O)oc2c1)CCCC3)C(=O)N1CC[C@@]2(O)CCCC[C@@H]2C1. The summed E-state index contributed by atoms with van der Waals surface area (Å²) in [5, 5.41) is 11.8. The first-order chi connectivity index (χ1) is 14.9. The predicted molar refractivity (Wildman–Crippen MR) is 117 cm³/mol. The van der Waals surface area contributed by atoms with E-state index >= 15 is 0 Å². The molecule has 5 rings (SSSR count). The minimum atomic E-state index is -0.642. The van der Waals surface area contributed by atoms with Crippen LogP contribution in [0.3, 0.4) is 0 Å². The molecule has 31 heavy (non-hydrogen) atoms. The quantitative estimate of drug-likeness (QED) is 0.760. The van der Waals surface area contributed by atoms with E-state index in [1.165, 1.54) is 0 Å². The van der Waals surface area contributed by atoms with E-state index in [4.69, 9.17) is 9.15 Å². The van der Waals surface area contributed by atoms with Gasteiger partial charge in [0.25, 0.3) is 5.91 Å². The summed E-state index contributed by atoms with van der Waals surface area (Å²) < 4.78 is 11.5. The molecule has 166 valence electrons. The Morgan fingerprint density at radius 2 is 2.00 bits per heavy atom. The van der Waals surface area contributed by atoms with Gasteiger partial charge in [-0.15, -0.1) is 0 Å². The lowest BCUT2D eigenvalue weighted by molar-refractivity contribution is -0.149. The molecule has 3 atom stereocenters. The molecule has 1 aliphatic heterocycles. The number of aryl methyl sites for hydroxylation is 1. The maximum absolute atomic E-state index is 13.0. The van der Waals surface area contributed by atoms with Gasteiger partial charge in [-0.05, 0) is 69.6 Å². The number of carbonyl (C=O) groups is 1. The lowest BCUT2D eigenvalue weighted by Crippen LogP contribution is -2.56. The standard InChI is InChI=1S/C25H31NO5/c1-16(23(27)26-13-12-25(29)11-5-4-6-17(25)15-26)30-18-9-10-20-19-7-2-3-8-21(19)24(28)31-22(20)14-18/h9-10,14,16-17,29H,2-8,11-13,15H2,1H3/t16-,17-,25+/m1/s1. The minimum absolute atomic E-state index is 0.0559. The van der Waals surface area contributed by atoms with E-state index in [2.05, 4.69) is 0 Å². The van der Waals surface area contributed by atoms with E-state index in [0.717, 1.165) is 67.9 Å². The second-order valence-electron chi connectivity index (χ2n) is 9.55. The summed E-state index contributed by atoms with van der Waals surface area (Å²) in [5.41, 5.74) is 1.57. The smallest absolute Gasteiger partial charge is 0.339 e. The first-order valence-corrected chi connectivity index (χ1v) is 11.7. The van der Waals surface area contributed by atoms with E-state index in [0.29, 0.717) is 30.8 Å². The molecule has 0 unspecified atom stereocenters. The molecule has 1 N–H and O–H groups in total. The van der Waals surface area contributed by atoms with Gasteiger partial charge < -0.3 is 19.2 Å². The summed E-state index contributed by atoms with van der Waals surface area (Å²) in [7, 11) is 0. The van der Waals surface area contributed by atoms with Gasteiger partial charge in [-0.25, -0.2) is 4.79 Å². The fourth-order valence-electron chi connectivity index (χ4n) is 5.78. The molecule has 0 spiro atoms. The van der Waals surface area contributed by atoms with Crippen molar-refractivity contribution in [1.29, 1.82) is 0 Å². The van der Waals surface area contributed by atoms with Crippen molar-refractivity contribution in [1.82, 2.24) is 4.90 Å². The van der Waals surface area contributed by atoms with Gasteiger partial charge in [0.05, 0.1) is 5.60 Å².